The first-order valence-corrected chi connectivity index (χ1v) is 9.41. The van der Waals surface area contributed by atoms with Gasteiger partial charge < -0.3 is 4.23 Å². The van der Waals surface area contributed by atoms with Crippen LogP contribution in [0.3, 0.4) is 0 Å². The van der Waals surface area contributed by atoms with Crippen molar-refractivity contribution >= 4 is 23.8 Å². The van der Waals surface area contributed by atoms with Crippen LogP contribution in [0, 0.1) is 0 Å². The minimum Gasteiger partial charge on any atom is -0.401 e. The summed E-state index contributed by atoms with van der Waals surface area (Å²) in [5, 5.41) is 0. The van der Waals surface area contributed by atoms with Crippen molar-refractivity contribution in [3.8, 4) is 0 Å². The molecule has 2 nitrogen and oxygen atoms in total. The molecule has 0 aliphatic heterocycles. The van der Waals surface area contributed by atoms with Gasteiger partial charge in [-0.25, -0.2) is 0 Å². The number of hydrogen-bond acceptors (Lipinski definition) is 1. The van der Waals surface area contributed by atoms with Crippen molar-refractivity contribution < 1.29 is 4.79 Å². The maximum atomic E-state index is 11.0. The molecule has 10 heavy (non-hydrogen) atoms. The van der Waals surface area contributed by atoms with Gasteiger partial charge in [-0.05, 0) is 0 Å². The van der Waals surface area contributed by atoms with Gasteiger partial charge in [-0.3, -0.25) is 4.79 Å². The zero-order valence-electron chi connectivity index (χ0n) is 7.51. The summed E-state index contributed by atoms with van der Waals surface area (Å²) in [6, 6.07) is 0. The Balaban J connectivity index is 4.12. The number of amides is 1. The van der Waals surface area contributed by atoms with Crippen LogP contribution in [-0.2, 0) is 4.79 Å². The van der Waals surface area contributed by atoms with E-state index in [1.165, 1.54) is 0 Å². The molecule has 0 rings (SSSR count). The molecule has 4 heteroatoms. The standard InChI is InChI=1S/C6H17NOSi2/c1-6(8)7(9(2)3)10(4)5/h9-10H,1-5H3. The van der Waals surface area contributed by atoms with Crippen molar-refractivity contribution in [2.24, 2.45) is 0 Å². The molecule has 1 amide bonds. The van der Waals surface area contributed by atoms with Crippen LogP contribution in [0.2, 0.25) is 26.2 Å². The third kappa shape index (κ3) is 2.66. The Morgan fingerprint density at radius 3 is 1.40 bits per heavy atom. The fourth-order valence-corrected chi connectivity index (χ4v) is 7.55. The van der Waals surface area contributed by atoms with Crippen molar-refractivity contribution in [1.82, 2.24) is 4.23 Å². The van der Waals surface area contributed by atoms with Crippen LogP contribution >= 0.6 is 0 Å². The molecule has 0 unspecified atom stereocenters. The molecule has 0 radical (unpaired) electrons. The van der Waals surface area contributed by atoms with Crippen molar-refractivity contribution in [3.63, 3.8) is 0 Å². The maximum absolute atomic E-state index is 11.0. The summed E-state index contributed by atoms with van der Waals surface area (Å²) in [7, 11) is -1.71. The minimum absolute atomic E-state index is 0.281. The molecule has 0 fully saturated rings. The highest BCUT2D eigenvalue weighted by Gasteiger charge is 2.16. The maximum Gasteiger partial charge on any atom is 0.203 e. The normalized spacial score (nSPS) is 10.7. The van der Waals surface area contributed by atoms with Gasteiger partial charge >= 0.3 is 0 Å². The highest BCUT2D eigenvalue weighted by Crippen LogP contribution is 1.99. The number of carbonyl (C=O) groups excluding carboxylic acids is 1. The van der Waals surface area contributed by atoms with Crippen molar-refractivity contribution in [1.29, 1.82) is 0 Å². The lowest BCUT2D eigenvalue weighted by molar-refractivity contribution is -0.121. The molecule has 0 aromatic rings. The lowest BCUT2D eigenvalue weighted by atomic mass is 10.8. The zero-order valence-corrected chi connectivity index (χ0v) is 9.82. The smallest absolute Gasteiger partial charge is 0.203 e. The predicted molar refractivity (Wildman–Crippen MR) is 50.3 cm³/mol. The molecule has 0 aromatic carbocycles. The van der Waals surface area contributed by atoms with Crippen molar-refractivity contribution in [3.05, 3.63) is 0 Å². The zero-order chi connectivity index (χ0) is 8.31. The first-order valence-electron chi connectivity index (χ1n) is 3.75. The highest BCUT2D eigenvalue weighted by molar-refractivity contribution is 6.73. The van der Waals surface area contributed by atoms with Crippen LogP contribution in [0.15, 0.2) is 0 Å². The van der Waals surface area contributed by atoms with Gasteiger partial charge in [0.1, 0.15) is 17.9 Å². The Hall–Kier alpha value is -0.0962. The number of nitrogens with zero attached hydrogens (tertiary/aromatic N) is 1. The quantitative estimate of drug-likeness (QED) is 0.569. The van der Waals surface area contributed by atoms with Crippen LogP contribution in [0.5, 0.6) is 0 Å². The summed E-state index contributed by atoms with van der Waals surface area (Å²) >= 11 is 0. The van der Waals surface area contributed by atoms with E-state index < -0.39 is 17.9 Å². The summed E-state index contributed by atoms with van der Waals surface area (Å²) in [6.07, 6.45) is 0. The lowest BCUT2D eigenvalue weighted by Crippen LogP contribution is -2.46. The molecule has 60 valence electrons. The van der Waals surface area contributed by atoms with Gasteiger partial charge in [-0.2, -0.15) is 0 Å². The summed E-state index contributed by atoms with van der Waals surface area (Å²) in [5.41, 5.74) is 0. The number of hydrogen-bond donors (Lipinski definition) is 0. The Bertz CT molecular complexity index is 117. The second-order valence-corrected chi connectivity index (χ2v) is 9.20. The van der Waals surface area contributed by atoms with E-state index in [4.69, 9.17) is 0 Å². The predicted octanol–water partition coefficient (Wildman–Crippen LogP) is 0.802. The number of carbonyl (C=O) groups is 1. The average molecular weight is 175 g/mol. The van der Waals surface area contributed by atoms with Gasteiger partial charge in [-0.15, -0.1) is 0 Å². The van der Waals surface area contributed by atoms with Gasteiger partial charge in [0.15, 0.2) is 0 Å². The van der Waals surface area contributed by atoms with Gasteiger partial charge in [0, 0.05) is 6.92 Å². The topological polar surface area (TPSA) is 20.3 Å². The van der Waals surface area contributed by atoms with E-state index in [2.05, 4.69) is 30.4 Å². The van der Waals surface area contributed by atoms with Gasteiger partial charge in [-0.1, -0.05) is 26.2 Å². The first kappa shape index (κ1) is 9.90. The molecular weight excluding hydrogens is 158 g/mol. The Morgan fingerprint density at radius 1 is 1.10 bits per heavy atom. The van der Waals surface area contributed by atoms with Gasteiger partial charge in [0.05, 0.1) is 0 Å². The summed E-state index contributed by atoms with van der Waals surface area (Å²) in [4.78, 5) is 11.0. The van der Waals surface area contributed by atoms with E-state index >= 15 is 0 Å². The van der Waals surface area contributed by atoms with Crippen LogP contribution in [0.1, 0.15) is 6.92 Å². The summed E-state index contributed by atoms with van der Waals surface area (Å²) in [6.45, 7) is 10.5. The average Bonchev–Trinajstić information content (AvgIpc) is 1.59. The molecule has 0 bridgehead atoms. The summed E-state index contributed by atoms with van der Waals surface area (Å²) < 4.78 is 2.14. The fraction of sp³-hybridized carbons (Fsp3) is 0.833. The molecule has 0 aliphatic rings. The monoisotopic (exact) mass is 175 g/mol. The molecular formula is C6H17NOSi2. The highest BCUT2D eigenvalue weighted by atomic mass is 28.3. The third-order valence-corrected chi connectivity index (χ3v) is 8.01. The minimum atomic E-state index is -0.856. The van der Waals surface area contributed by atoms with Crippen molar-refractivity contribution in [2.75, 3.05) is 0 Å². The Labute approximate surface area is 66.6 Å². The van der Waals surface area contributed by atoms with Crippen molar-refractivity contribution in [2.45, 2.75) is 33.1 Å². The number of rotatable bonds is 2. The van der Waals surface area contributed by atoms with Crippen LogP contribution in [0.25, 0.3) is 0 Å². The summed E-state index contributed by atoms with van der Waals surface area (Å²) in [5.74, 6) is 0.281. The molecule has 0 saturated heterocycles. The molecule has 0 N–H and O–H groups in total. The van der Waals surface area contributed by atoms with E-state index in [9.17, 15) is 4.79 Å². The van der Waals surface area contributed by atoms with Gasteiger partial charge in [0.25, 0.3) is 0 Å². The molecule has 0 saturated carbocycles. The van der Waals surface area contributed by atoms with Crippen LogP contribution < -0.4 is 0 Å². The lowest BCUT2D eigenvalue weighted by Gasteiger charge is -2.28. The molecule has 0 aromatic heterocycles. The second-order valence-electron chi connectivity index (χ2n) is 3.11. The van der Waals surface area contributed by atoms with Crippen LogP contribution in [0.4, 0.5) is 0 Å². The van der Waals surface area contributed by atoms with E-state index in [1.807, 2.05) is 0 Å². The molecule has 0 heterocycles. The SMILES string of the molecule is CC(=O)N([SiH](C)C)[SiH](C)C. The van der Waals surface area contributed by atoms with E-state index in [-0.39, 0.29) is 5.91 Å². The Kier molecular flexibility index (Phi) is 3.89. The fourth-order valence-electron chi connectivity index (χ4n) is 1.32. The van der Waals surface area contributed by atoms with E-state index in [0.717, 1.165) is 0 Å². The largest absolute Gasteiger partial charge is 0.401 e. The van der Waals surface area contributed by atoms with Crippen LogP contribution in [-0.4, -0.2) is 28.1 Å². The van der Waals surface area contributed by atoms with E-state index in [1.54, 1.807) is 6.92 Å². The van der Waals surface area contributed by atoms with Gasteiger partial charge in [0.2, 0.25) is 5.91 Å². The first-order chi connectivity index (χ1) is 4.46. The third-order valence-electron chi connectivity index (χ3n) is 1.48. The molecule has 0 spiro atoms. The van der Waals surface area contributed by atoms with E-state index in [0.29, 0.717) is 0 Å². The Morgan fingerprint density at radius 2 is 1.40 bits per heavy atom. The molecule has 0 atom stereocenters. The second kappa shape index (κ2) is 3.93. The molecule has 0 aliphatic carbocycles.